The zero-order valence-corrected chi connectivity index (χ0v) is 17.6. The third-order valence-corrected chi connectivity index (χ3v) is 6.08. The molecule has 1 N–H and O–H groups in total. The standard InChI is InChI=1S/C24H30ClNO3/c25-20-7-4-10-22(15-20)28-18-24(27)12-5-13-26(17-24)16-19-6-3-11-23(14-19)29-21-8-1-2-9-21/h3-4,6-7,10-11,14-15,21,27H,1-2,5,8-9,12-13,16-18H2. The van der Waals surface area contributed by atoms with E-state index < -0.39 is 5.60 Å². The molecule has 29 heavy (non-hydrogen) atoms. The van der Waals surface area contributed by atoms with Gasteiger partial charge in [0.05, 0.1) is 6.10 Å². The number of hydrogen-bond acceptors (Lipinski definition) is 4. The maximum atomic E-state index is 11.1. The number of β-amino-alcohol motifs (C(OH)–C–C–N with tert-alkyl or cyclic N) is 1. The van der Waals surface area contributed by atoms with Crippen molar-refractivity contribution in [1.29, 1.82) is 0 Å². The second-order valence-corrected chi connectivity index (χ2v) is 8.89. The van der Waals surface area contributed by atoms with E-state index in [1.807, 2.05) is 24.3 Å². The molecule has 1 atom stereocenters. The molecular weight excluding hydrogens is 386 g/mol. The molecule has 2 aliphatic rings. The quantitative estimate of drug-likeness (QED) is 0.685. The first-order chi connectivity index (χ1) is 14.1. The monoisotopic (exact) mass is 415 g/mol. The molecule has 4 nitrogen and oxygen atoms in total. The predicted molar refractivity (Wildman–Crippen MR) is 116 cm³/mol. The van der Waals surface area contributed by atoms with E-state index in [2.05, 4.69) is 23.1 Å². The highest BCUT2D eigenvalue weighted by Gasteiger charge is 2.34. The Hall–Kier alpha value is -1.75. The molecule has 0 aromatic heterocycles. The summed E-state index contributed by atoms with van der Waals surface area (Å²) in [6.45, 7) is 2.66. The predicted octanol–water partition coefficient (Wildman–Crippen LogP) is 5.07. The summed E-state index contributed by atoms with van der Waals surface area (Å²) in [5.74, 6) is 1.66. The lowest BCUT2D eigenvalue weighted by molar-refractivity contribution is -0.0621. The molecule has 2 aromatic rings. The van der Waals surface area contributed by atoms with Crippen LogP contribution in [0.15, 0.2) is 48.5 Å². The zero-order chi connectivity index (χ0) is 20.1. The summed E-state index contributed by atoms with van der Waals surface area (Å²) >= 11 is 6.02. The van der Waals surface area contributed by atoms with Gasteiger partial charge in [-0.25, -0.2) is 0 Å². The van der Waals surface area contributed by atoms with Crippen LogP contribution < -0.4 is 9.47 Å². The van der Waals surface area contributed by atoms with Gasteiger partial charge >= 0.3 is 0 Å². The average Bonchev–Trinajstić information content (AvgIpc) is 3.20. The molecule has 2 fully saturated rings. The van der Waals surface area contributed by atoms with Crippen LogP contribution in [0.3, 0.4) is 0 Å². The Morgan fingerprint density at radius 3 is 2.66 bits per heavy atom. The van der Waals surface area contributed by atoms with Crippen LogP contribution in [0.25, 0.3) is 0 Å². The van der Waals surface area contributed by atoms with Gasteiger partial charge in [0.1, 0.15) is 23.7 Å². The first-order valence-corrected chi connectivity index (χ1v) is 11.0. The minimum Gasteiger partial charge on any atom is -0.490 e. The van der Waals surface area contributed by atoms with Crippen LogP contribution in [-0.4, -0.2) is 41.4 Å². The number of halogens is 1. The van der Waals surface area contributed by atoms with Gasteiger partial charge in [0.15, 0.2) is 0 Å². The number of benzene rings is 2. The second-order valence-electron chi connectivity index (χ2n) is 8.46. The smallest absolute Gasteiger partial charge is 0.120 e. The third-order valence-electron chi connectivity index (χ3n) is 5.85. The molecule has 1 aliphatic carbocycles. The average molecular weight is 416 g/mol. The van der Waals surface area contributed by atoms with Gasteiger partial charge in [-0.1, -0.05) is 29.8 Å². The molecule has 0 radical (unpaired) electrons. The molecule has 5 heteroatoms. The Morgan fingerprint density at radius 2 is 1.83 bits per heavy atom. The zero-order valence-electron chi connectivity index (χ0n) is 16.9. The van der Waals surface area contributed by atoms with Gasteiger partial charge < -0.3 is 14.6 Å². The number of ether oxygens (including phenoxy) is 2. The van der Waals surface area contributed by atoms with E-state index in [0.717, 1.165) is 44.5 Å². The number of hydrogen-bond donors (Lipinski definition) is 1. The van der Waals surface area contributed by atoms with Gasteiger partial charge in [-0.2, -0.15) is 0 Å². The molecule has 0 spiro atoms. The van der Waals surface area contributed by atoms with Gasteiger partial charge in [-0.3, -0.25) is 4.90 Å². The van der Waals surface area contributed by atoms with E-state index in [1.165, 1.54) is 18.4 Å². The van der Waals surface area contributed by atoms with Crippen molar-refractivity contribution in [2.45, 2.75) is 56.8 Å². The molecule has 1 aliphatic heterocycles. The molecule has 1 saturated heterocycles. The summed E-state index contributed by atoms with van der Waals surface area (Å²) in [5.41, 5.74) is 0.374. The Morgan fingerprint density at radius 1 is 1.03 bits per heavy atom. The number of likely N-dealkylation sites (tertiary alicyclic amines) is 1. The second kappa shape index (κ2) is 9.38. The lowest BCUT2D eigenvalue weighted by Gasteiger charge is -2.39. The highest BCUT2D eigenvalue weighted by molar-refractivity contribution is 6.30. The first kappa shape index (κ1) is 20.5. The van der Waals surface area contributed by atoms with Crippen LogP contribution in [0.1, 0.15) is 44.1 Å². The first-order valence-electron chi connectivity index (χ1n) is 10.7. The highest BCUT2D eigenvalue weighted by atomic mass is 35.5. The lowest BCUT2D eigenvalue weighted by Crippen LogP contribution is -2.51. The van der Waals surface area contributed by atoms with E-state index in [4.69, 9.17) is 21.1 Å². The number of nitrogens with zero attached hydrogens (tertiary/aromatic N) is 1. The van der Waals surface area contributed by atoms with Crippen molar-refractivity contribution in [3.05, 3.63) is 59.1 Å². The summed E-state index contributed by atoms with van der Waals surface area (Å²) in [4.78, 5) is 2.31. The Kier molecular flexibility index (Phi) is 6.63. The minimum atomic E-state index is -0.849. The maximum Gasteiger partial charge on any atom is 0.120 e. The molecule has 1 heterocycles. The van der Waals surface area contributed by atoms with Gasteiger partial charge in [0.2, 0.25) is 0 Å². The summed E-state index contributed by atoms with van der Waals surface area (Å²) in [5, 5.41) is 11.7. The van der Waals surface area contributed by atoms with Gasteiger partial charge in [0.25, 0.3) is 0 Å². The summed E-state index contributed by atoms with van der Waals surface area (Å²) in [6, 6.07) is 15.7. The van der Waals surface area contributed by atoms with E-state index in [-0.39, 0.29) is 6.61 Å². The third kappa shape index (κ3) is 5.88. The number of aliphatic hydroxyl groups is 1. The molecule has 1 unspecified atom stereocenters. The SMILES string of the molecule is OC1(COc2cccc(Cl)c2)CCCN(Cc2cccc(OC3CCCC3)c2)C1. The van der Waals surface area contributed by atoms with Crippen molar-refractivity contribution in [3.8, 4) is 11.5 Å². The highest BCUT2D eigenvalue weighted by Crippen LogP contribution is 2.27. The summed E-state index contributed by atoms with van der Waals surface area (Å²) in [6.07, 6.45) is 6.94. The molecule has 0 amide bonds. The summed E-state index contributed by atoms with van der Waals surface area (Å²) in [7, 11) is 0. The Bertz CT molecular complexity index is 808. The van der Waals surface area contributed by atoms with Gasteiger partial charge in [-0.05, 0) is 81.0 Å². The number of rotatable bonds is 7. The lowest BCUT2D eigenvalue weighted by atomic mass is 9.93. The fraction of sp³-hybridized carbons (Fsp3) is 0.500. The van der Waals surface area contributed by atoms with Crippen molar-refractivity contribution in [1.82, 2.24) is 4.90 Å². The molecule has 4 rings (SSSR count). The number of piperidine rings is 1. The van der Waals surface area contributed by atoms with Crippen molar-refractivity contribution >= 4 is 11.6 Å². The maximum absolute atomic E-state index is 11.1. The summed E-state index contributed by atoms with van der Waals surface area (Å²) < 4.78 is 12.0. The van der Waals surface area contributed by atoms with E-state index in [0.29, 0.717) is 23.4 Å². The van der Waals surface area contributed by atoms with Crippen molar-refractivity contribution in [2.24, 2.45) is 0 Å². The van der Waals surface area contributed by atoms with E-state index in [9.17, 15) is 5.11 Å². The van der Waals surface area contributed by atoms with Crippen molar-refractivity contribution < 1.29 is 14.6 Å². The van der Waals surface area contributed by atoms with Crippen molar-refractivity contribution in [2.75, 3.05) is 19.7 Å². The fourth-order valence-corrected chi connectivity index (χ4v) is 4.59. The largest absolute Gasteiger partial charge is 0.490 e. The minimum absolute atomic E-state index is 0.272. The van der Waals surface area contributed by atoms with Crippen molar-refractivity contribution in [3.63, 3.8) is 0 Å². The van der Waals surface area contributed by atoms with Crippen LogP contribution in [0.5, 0.6) is 11.5 Å². The fourth-order valence-electron chi connectivity index (χ4n) is 4.41. The van der Waals surface area contributed by atoms with Crippen LogP contribution in [0.4, 0.5) is 0 Å². The van der Waals surface area contributed by atoms with Crippen LogP contribution in [-0.2, 0) is 6.54 Å². The Balaban J connectivity index is 1.33. The molecule has 0 bridgehead atoms. The van der Waals surface area contributed by atoms with Crippen LogP contribution in [0.2, 0.25) is 5.02 Å². The topological polar surface area (TPSA) is 41.9 Å². The van der Waals surface area contributed by atoms with Gasteiger partial charge in [0, 0.05) is 18.1 Å². The van der Waals surface area contributed by atoms with Crippen LogP contribution in [0, 0.1) is 0 Å². The normalized spacial score (nSPS) is 23.2. The molecule has 156 valence electrons. The van der Waals surface area contributed by atoms with Gasteiger partial charge in [-0.15, -0.1) is 0 Å². The Labute approximate surface area is 178 Å². The van der Waals surface area contributed by atoms with E-state index in [1.54, 1.807) is 6.07 Å². The molecule has 2 aromatic carbocycles. The van der Waals surface area contributed by atoms with Crippen LogP contribution >= 0.6 is 11.6 Å². The van der Waals surface area contributed by atoms with E-state index >= 15 is 0 Å². The molecule has 1 saturated carbocycles. The molecular formula is C24H30ClNO3.